The van der Waals surface area contributed by atoms with Crippen LogP contribution in [-0.2, 0) is 17.7 Å². The Balaban J connectivity index is 1.70. The van der Waals surface area contributed by atoms with Crippen LogP contribution in [0.15, 0.2) is 18.2 Å². The summed E-state index contributed by atoms with van der Waals surface area (Å²) in [4.78, 5) is 0. The van der Waals surface area contributed by atoms with E-state index in [4.69, 9.17) is 9.47 Å². The van der Waals surface area contributed by atoms with Crippen LogP contribution >= 0.6 is 0 Å². The van der Waals surface area contributed by atoms with Crippen molar-refractivity contribution in [3.8, 4) is 5.75 Å². The van der Waals surface area contributed by atoms with E-state index >= 15 is 0 Å². The van der Waals surface area contributed by atoms with E-state index in [1.807, 2.05) is 6.07 Å². The zero-order valence-corrected chi connectivity index (χ0v) is 10.8. The Kier molecular flexibility index (Phi) is 4.99. The molecule has 2 N–H and O–H groups in total. The van der Waals surface area contributed by atoms with Crippen molar-refractivity contribution in [2.24, 2.45) is 0 Å². The average molecular weight is 251 g/mol. The number of aliphatic hydroxyl groups is 1. The van der Waals surface area contributed by atoms with Crippen LogP contribution in [0.2, 0.25) is 0 Å². The van der Waals surface area contributed by atoms with Gasteiger partial charge < -0.3 is 19.9 Å². The van der Waals surface area contributed by atoms with Gasteiger partial charge in [-0.25, -0.2) is 0 Å². The molecular weight excluding hydrogens is 230 g/mol. The van der Waals surface area contributed by atoms with E-state index in [2.05, 4.69) is 17.4 Å². The molecule has 1 heterocycles. The fourth-order valence-corrected chi connectivity index (χ4v) is 2.13. The second-order valence-electron chi connectivity index (χ2n) is 4.62. The second kappa shape index (κ2) is 6.73. The molecule has 4 heteroatoms. The summed E-state index contributed by atoms with van der Waals surface area (Å²) in [6.07, 6.45) is 1.34. The second-order valence-corrected chi connectivity index (χ2v) is 4.62. The highest BCUT2D eigenvalue weighted by molar-refractivity contribution is 5.39. The molecule has 0 bridgehead atoms. The van der Waals surface area contributed by atoms with Crippen LogP contribution in [-0.4, -0.2) is 38.1 Å². The molecule has 1 aliphatic rings. The van der Waals surface area contributed by atoms with Gasteiger partial charge in [-0.05, 0) is 30.2 Å². The number of nitrogens with one attached hydrogen (secondary N) is 1. The third-order valence-electron chi connectivity index (χ3n) is 3.10. The lowest BCUT2D eigenvalue weighted by molar-refractivity contribution is 0.0594. The summed E-state index contributed by atoms with van der Waals surface area (Å²) in [7, 11) is 1.60. The van der Waals surface area contributed by atoms with E-state index in [0.29, 0.717) is 13.0 Å². The van der Waals surface area contributed by atoms with Gasteiger partial charge >= 0.3 is 0 Å². The first kappa shape index (κ1) is 13.3. The third-order valence-corrected chi connectivity index (χ3v) is 3.10. The predicted octanol–water partition coefficient (Wildman–Crippen LogP) is 1.11. The molecule has 0 amide bonds. The minimum atomic E-state index is -0.379. The minimum Gasteiger partial charge on any atom is -0.493 e. The number of hydrogen-bond acceptors (Lipinski definition) is 4. The Bertz CT molecular complexity index is 381. The number of aliphatic hydroxyl groups excluding tert-OH is 1. The van der Waals surface area contributed by atoms with Gasteiger partial charge in [0.25, 0.3) is 0 Å². The summed E-state index contributed by atoms with van der Waals surface area (Å²) >= 11 is 0. The number of fused-ring (bicyclic) bond motifs is 1. The van der Waals surface area contributed by atoms with Gasteiger partial charge in [0.05, 0.1) is 19.3 Å². The van der Waals surface area contributed by atoms with Crippen molar-refractivity contribution < 1.29 is 14.6 Å². The molecule has 1 unspecified atom stereocenters. The van der Waals surface area contributed by atoms with Gasteiger partial charge in [-0.3, -0.25) is 0 Å². The zero-order chi connectivity index (χ0) is 12.8. The Morgan fingerprint density at radius 3 is 3.22 bits per heavy atom. The maximum atomic E-state index is 9.49. The van der Waals surface area contributed by atoms with Crippen LogP contribution in [0.1, 0.15) is 17.5 Å². The molecule has 4 nitrogen and oxygen atoms in total. The van der Waals surface area contributed by atoms with E-state index in [-0.39, 0.29) is 6.10 Å². The van der Waals surface area contributed by atoms with Crippen LogP contribution < -0.4 is 10.1 Å². The highest BCUT2D eigenvalue weighted by Crippen LogP contribution is 2.25. The summed E-state index contributed by atoms with van der Waals surface area (Å²) in [5, 5.41) is 12.8. The van der Waals surface area contributed by atoms with Crippen LogP contribution in [0.5, 0.6) is 5.75 Å². The molecule has 100 valence electrons. The summed E-state index contributed by atoms with van der Waals surface area (Å²) in [6.45, 7) is 2.82. The lowest BCUT2D eigenvalue weighted by Crippen LogP contribution is -2.23. The zero-order valence-electron chi connectivity index (χ0n) is 10.8. The Hall–Kier alpha value is -1.10. The third kappa shape index (κ3) is 3.70. The number of hydrogen-bond donors (Lipinski definition) is 2. The Morgan fingerprint density at radius 2 is 2.39 bits per heavy atom. The lowest BCUT2D eigenvalue weighted by Gasteiger charge is -2.10. The van der Waals surface area contributed by atoms with Crippen molar-refractivity contribution in [2.75, 3.05) is 26.9 Å². The average Bonchev–Trinajstić information content (AvgIpc) is 2.82. The van der Waals surface area contributed by atoms with Crippen molar-refractivity contribution in [3.05, 3.63) is 29.3 Å². The van der Waals surface area contributed by atoms with Crippen molar-refractivity contribution in [1.29, 1.82) is 0 Å². The molecule has 0 spiro atoms. The molecule has 1 aliphatic heterocycles. The largest absolute Gasteiger partial charge is 0.493 e. The van der Waals surface area contributed by atoms with Gasteiger partial charge in [0.1, 0.15) is 5.75 Å². The molecule has 0 aliphatic carbocycles. The van der Waals surface area contributed by atoms with Crippen LogP contribution in [0.4, 0.5) is 0 Å². The molecule has 18 heavy (non-hydrogen) atoms. The SMILES string of the molecule is COCC(O)CCNCc1ccc2c(c1)CCO2. The summed E-state index contributed by atoms with van der Waals surface area (Å²) in [6, 6.07) is 6.32. The van der Waals surface area contributed by atoms with Crippen molar-refractivity contribution in [3.63, 3.8) is 0 Å². The summed E-state index contributed by atoms with van der Waals surface area (Å²) in [5.41, 5.74) is 2.56. The van der Waals surface area contributed by atoms with Gasteiger partial charge in [0, 0.05) is 20.1 Å². The number of ether oxygens (including phenoxy) is 2. The molecule has 1 aromatic carbocycles. The first-order valence-corrected chi connectivity index (χ1v) is 6.42. The fourth-order valence-electron chi connectivity index (χ4n) is 2.13. The van der Waals surface area contributed by atoms with Gasteiger partial charge in [0.15, 0.2) is 0 Å². The Labute approximate surface area is 108 Å². The number of rotatable bonds is 7. The molecule has 0 radical (unpaired) electrons. The highest BCUT2D eigenvalue weighted by Gasteiger charge is 2.11. The molecular formula is C14H21NO3. The standard InChI is InChI=1S/C14H21NO3/c1-17-10-13(16)4-6-15-9-11-2-3-14-12(8-11)5-7-18-14/h2-3,8,13,15-16H,4-7,9-10H2,1H3. The number of methoxy groups -OCH3 is 1. The van der Waals surface area contributed by atoms with Gasteiger partial charge in [-0.1, -0.05) is 12.1 Å². The van der Waals surface area contributed by atoms with E-state index in [1.165, 1.54) is 11.1 Å². The van der Waals surface area contributed by atoms with Crippen molar-refractivity contribution in [1.82, 2.24) is 5.32 Å². The maximum Gasteiger partial charge on any atom is 0.122 e. The first-order valence-electron chi connectivity index (χ1n) is 6.42. The summed E-state index contributed by atoms with van der Waals surface area (Å²) < 4.78 is 10.3. The molecule has 2 rings (SSSR count). The molecule has 0 aromatic heterocycles. The lowest BCUT2D eigenvalue weighted by atomic mass is 10.1. The highest BCUT2D eigenvalue weighted by atomic mass is 16.5. The minimum absolute atomic E-state index is 0.379. The molecule has 0 saturated heterocycles. The molecule has 0 saturated carbocycles. The van der Waals surface area contributed by atoms with E-state index in [0.717, 1.165) is 31.9 Å². The van der Waals surface area contributed by atoms with Gasteiger partial charge in [-0.2, -0.15) is 0 Å². The van der Waals surface area contributed by atoms with Crippen molar-refractivity contribution in [2.45, 2.75) is 25.5 Å². The molecule has 0 fully saturated rings. The smallest absolute Gasteiger partial charge is 0.122 e. The molecule has 1 aromatic rings. The van der Waals surface area contributed by atoms with Gasteiger partial charge in [-0.15, -0.1) is 0 Å². The van der Waals surface area contributed by atoms with Crippen LogP contribution in [0.25, 0.3) is 0 Å². The Morgan fingerprint density at radius 1 is 1.50 bits per heavy atom. The number of benzene rings is 1. The molecule has 1 atom stereocenters. The fraction of sp³-hybridized carbons (Fsp3) is 0.571. The van der Waals surface area contributed by atoms with E-state index in [1.54, 1.807) is 7.11 Å². The first-order chi connectivity index (χ1) is 8.79. The van der Waals surface area contributed by atoms with Crippen molar-refractivity contribution >= 4 is 0 Å². The summed E-state index contributed by atoms with van der Waals surface area (Å²) in [5.74, 6) is 1.02. The van der Waals surface area contributed by atoms with Crippen LogP contribution in [0, 0.1) is 0 Å². The topological polar surface area (TPSA) is 50.7 Å². The van der Waals surface area contributed by atoms with Crippen LogP contribution in [0.3, 0.4) is 0 Å². The van der Waals surface area contributed by atoms with E-state index < -0.39 is 0 Å². The van der Waals surface area contributed by atoms with Gasteiger partial charge in [0.2, 0.25) is 0 Å². The predicted molar refractivity (Wildman–Crippen MR) is 69.8 cm³/mol. The maximum absolute atomic E-state index is 9.49. The monoisotopic (exact) mass is 251 g/mol. The normalized spacial score (nSPS) is 15.2. The quantitative estimate of drug-likeness (QED) is 0.713. The van der Waals surface area contributed by atoms with E-state index in [9.17, 15) is 5.11 Å².